The van der Waals surface area contributed by atoms with Crippen LogP contribution >= 0.6 is 11.6 Å². The minimum absolute atomic E-state index is 0.122. The molecule has 101 valence electrons. The van der Waals surface area contributed by atoms with Crippen molar-refractivity contribution in [3.63, 3.8) is 0 Å². The van der Waals surface area contributed by atoms with E-state index in [-0.39, 0.29) is 12.1 Å². The van der Waals surface area contributed by atoms with Crippen molar-refractivity contribution in [1.29, 1.82) is 0 Å². The predicted octanol–water partition coefficient (Wildman–Crippen LogP) is 2.92. The minimum atomic E-state index is -0.322. The van der Waals surface area contributed by atoms with Crippen LogP contribution in [0.5, 0.6) is 0 Å². The minimum Gasteiger partial charge on any atom is -0.392 e. The quantitative estimate of drug-likeness (QED) is 0.660. The SMILES string of the molecule is C=C(CCl)N(Cc1ccccc1)[C@H]1CC[B]C[C@@H]1O. The first kappa shape index (κ1) is 14.5. The molecule has 1 aliphatic rings. The monoisotopic (exact) mass is 276 g/mol. The third-order valence-electron chi connectivity index (χ3n) is 3.68. The van der Waals surface area contributed by atoms with Gasteiger partial charge in [0.2, 0.25) is 0 Å². The molecule has 1 N–H and O–H groups in total. The number of alkyl halides is 1. The molecular weight excluding hydrogens is 256 g/mol. The highest BCUT2D eigenvalue weighted by Crippen LogP contribution is 2.25. The second kappa shape index (κ2) is 7.02. The van der Waals surface area contributed by atoms with E-state index in [1.807, 2.05) is 18.2 Å². The highest BCUT2D eigenvalue weighted by molar-refractivity contribution is 6.36. The van der Waals surface area contributed by atoms with E-state index in [9.17, 15) is 5.11 Å². The van der Waals surface area contributed by atoms with E-state index >= 15 is 0 Å². The van der Waals surface area contributed by atoms with Crippen molar-refractivity contribution in [2.45, 2.75) is 37.8 Å². The van der Waals surface area contributed by atoms with Gasteiger partial charge in [0.1, 0.15) is 7.28 Å². The molecule has 0 aliphatic carbocycles. The predicted molar refractivity (Wildman–Crippen MR) is 81.6 cm³/mol. The molecule has 1 heterocycles. The van der Waals surface area contributed by atoms with Gasteiger partial charge in [-0.1, -0.05) is 49.6 Å². The van der Waals surface area contributed by atoms with Crippen LogP contribution in [0, 0.1) is 0 Å². The van der Waals surface area contributed by atoms with Gasteiger partial charge in [-0.25, -0.2) is 0 Å². The highest BCUT2D eigenvalue weighted by atomic mass is 35.5. The van der Waals surface area contributed by atoms with Gasteiger partial charge >= 0.3 is 0 Å². The molecule has 2 atom stereocenters. The fourth-order valence-corrected chi connectivity index (χ4v) is 2.76. The first-order chi connectivity index (χ1) is 9.22. The summed E-state index contributed by atoms with van der Waals surface area (Å²) in [5, 5.41) is 10.2. The van der Waals surface area contributed by atoms with Crippen molar-refractivity contribution in [3.05, 3.63) is 48.2 Å². The molecule has 1 aromatic carbocycles. The van der Waals surface area contributed by atoms with E-state index in [1.54, 1.807) is 0 Å². The molecular formula is C15H20BClNO. The van der Waals surface area contributed by atoms with E-state index in [0.717, 1.165) is 31.3 Å². The van der Waals surface area contributed by atoms with E-state index in [0.29, 0.717) is 5.88 Å². The molecule has 0 amide bonds. The molecule has 1 aromatic rings. The van der Waals surface area contributed by atoms with Gasteiger partial charge in [0.25, 0.3) is 0 Å². The van der Waals surface area contributed by atoms with Gasteiger partial charge in [0.05, 0.1) is 18.0 Å². The molecule has 1 radical (unpaired) electrons. The molecule has 19 heavy (non-hydrogen) atoms. The van der Waals surface area contributed by atoms with Crippen LogP contribution in [-0.2, 0) is 6.54 Å². The lowest BCUT2D eigenvalue weighted by Crippen LogP contribution is -2.45. The summed E-state index contributed by atoms with van der Waals surface area (Å²) in [5.74, 6) is 0.403. The van der Waals surface area contributed by atoms with Gasteiger partial charge in [-0.2, -0.15) is 0 Å². The highest BCUT2D eigenvalue weighted by Gasteiger charge is 2.29. The molecule has 0 spiro atoms. The number of nitrogens with zero attached hydrogens (tertiary/aromatic N) is 1. The summed E-state index contributed by atoms with van der Waals surface area (Å²) < 4.78 is 0. The summed E-state index contributed by atoms with van der Waals surface area (Å²) in [6.07, 6.45) is 2.44. The number of rotatable bonds is 5. The Balaban J connectivity index is 2.13. The van der Waals surface area contributed by atoms with Gasteiger partial charge in [-0.05, 0) is 12.0 Å². The zero-order valence-electron chi connectivity index (χ0n) is 11.1. The van der Waals surface area contributed by atoms with Crippen molar-refractivity contribution in [2.24, 2.45) is 0 Å². The molecule has 1 fully saturated rings. The maximum Gasteiger partial charge on any atom is 0.113 e. The van der Waals surface area contributed by atoms with Crippen molar-refractivity contribution in [1.82, 2.24) is 4.90 Å². The Bertz CT molecular complexity index is 412. The Morgan fingerprint density at radius 3 is 2.79 bits per heavy atom. The van der Waals surface area contributed by atoms with E-state index < -0.39 is 0 Å². The average Bonchev–Trinajstić information content (AvgIpc) is 2.46. The number of hydrogen-bond donors (Lipinski definition) is 1. The van der Waals surface area contributed by atoms with E-state index in [2.05, 4.69) is 30.9 Å². The molecule has 1 aliphatic heterocycles. The second-order valence-electron chi connectivity index (χ2n) is 5.05. The number of hydrogen-bond acceptors (Lipinski definition) is 2. The average molecular weight is 277 g/mol. The summed E-state index contributed by atoms with van der Waals surface area (Å²) >= 11 is 5.95. The molecule has 2 nitrogen and oxygen atoms in total. The number of allylic oxidation sites excluding steroid dienone is 1. The second-order valence-corrected chi connectivity index (χ2v) is 5.32. The van der Waals surface area contributed by atoms with E-state index in [1.165, 1.54) is 5.56 Å². The Kier molecular flexibility index (Phi) is 5.35. The zero-order valence-corrected chi connectivity index (χ0v) is 11.9. The van der Waals surface area contributed by atoms with Crippen LogP contribution in [0.25, 0.3) is 0 Å². The first-order valence-corrected chi connectivity index (χ1v) is 7.30. The smallest absolute Gasteiger partial charge is 0.113 e. The Morgan fingerprint density at radius 1 is 1.42 bits per heavy atom. The van der Waals surface area contributed by atoms with Gasteiger partial charge in [0, 0.05) is 12.2 Å². The maximum atomic E-state index is 10.2. The van der Waals surface area contributed by atoms with Crippen LogP contribution in [0.4, 0.5) is 0 Å². The van der Waals surface area contributed by atoms with Gasteiger partial charge < -0.3 is 10.0 Å². The molecule has 1 saturated heterocycles. The van der Waals surface area contributed by atoms with Crippen LogP contribution in [0.3, 0.4) is 0 Å². The lowest BCUT2D eigenvalue weighted by Gasteiger charge is -2.39. The van der Waals surface area contributed by atoms with Gasteiger partial charge in [-0.15, -0.1) is 11.6 Å². The lowest BCUT2D eigenvalue weighted by molar-refractivity contribution is 0.0699. The lowest BCUT2D eigenvalue weighted by atomic mass is 9.61. The molecule has 0 aromatic heterocycles. The van der Waals surface area contributed by atoms with Crippen molar-refractivity contribution < 1.29 is 5.11 Å². The molecule has 0 saturated carbocycles. The largest absolute Gasteiger partial charge is 0.392 e. The fraction of sp³-hybridized carbons (Fsp3) is 0.467. The summed E-state index contributed by atoms with van der Waals surface area (Å²) in [6.45, 7) is 4.81. The summed E-state index contributed by atoms with van der Waals surface area (Å²) in [5.41, 5.74) is 2.10. The van der Waals surface area contributed by atoms with Gasteiger partial charge in [0.15, 0.2) is 0 Å². The zero-order chi connectivity index (χ0) is 13.7. The Labute approximate surface area is 121 Å². The Morgan fingerprint density at radius 2 is 2.16 bits per heavy atom. The Hall–Kier alpha value is -0.925. The molecule has 0 bridgehead atoms. The summed E-state index contributed by atoms with van der Waals surface area (Å²) in [4.78, 5) is 2.17. The fourth-order valence-electron chi connectivity index (χ4n) is 2.61. The topological polar surface area (TPSA) is 23.5 Å². The number of benzene rings is 1. The van der Waals surface area contributed by atoms with Gasteiger partial charge in [-0.3, -0.25) is 0 Å². The number of aliphatic hydroxyl groups is 1. The maximum absolute atomic E-state index is 10.2. The van der Waals surface area contributed by atoms with Crippen molar-refractivity contribution in [2.75, 3.05) is 5.88 Å². The normalized spacial score (nSPS) is 22.6. The first-order valence-electron chi connectivity index (χ1n) is 6.76. The van der Waals surface area contributed by atoms with E-state index in [4.69, 9.17) is 11.6 Å². The van der Waals surface area contributed by atoms with Crippen molar-refractivity contribution in [3.8, 4) is 0 Å². The molecule has 0 unspecified atom stereocenters. The van der Waals surface area contributed by atoms with Crippen LogP contribution in [0.2, 0.25) is 12.6 Å². The number of halogens is 1. The standard InChI is InChI=1S/C15H20BClNO/c1-12(10-17)18(11-13-5-3-2-4-6-13)14-7-8-16-9-15(14)19/h2-6,14-15,19H,1,7-11H2/t14-,15-/m0/s1. The summed E-state index contributed by atoms with van der Waals surface area (Å²) in [7, 11) is 2.16. The number of aliphatic hydroxyl groups excluding tert-OH is 1. The third kappa shape index (κ3) is 3.77. The van der Waals surface area contributed by atoms with Crippen LogP contribution < -0.4 is 0 Å². The third-order valence-corrected chi connectivity index (χ3v) is 3.98. The summed E-state index contributed by atoms with van der Waals surface area (Å²) in [6, 6.07) is 10.4. The van der Waals surface area contributed by atoms with Crippen molar-refractivity contribution >= 4 is 18.9 Å². The van der Waals surface area contributed by atoms with Crippen LogP contribution in [0.15, 0.2) is 42.6 Å². The molecule has 2 rings (SSSR count). The van der Waals surface area contributed by atoms with Crippen LogP contribution in [-0.4, -0.2) is 35.3 Å². The van der Waals surface area contributed by atoms with Crippen LogP contribution in [0.1, 0.15) is 12.0 Å². The molecule has 4 heteroatoms.